The predicted octanol–water partition coefficient (Wildman–Crippen LogP) is 2.30. The van der Waals surface area contributed by atoms with Crippen LogP contribution in [0.5, 0.6) is 11.5 Å². The minimum absolute atomic E-state index is 0.0749. The van der Waals surface area contributed by atoms with E-state index in [9.17, 15) is 13.6 Å². The van der Waals surface area contributed by atoms with Crippen LogP contribution in [0.1, 0.15) is 15.9 Å². The van der Waals surface area contributed by atoms with Gasteiger partial charge in [-0.25, -0.2) is 0 Å². The molecule has 1 heterocycles. The third-order valence-corrected chi connectivity index (χ3v) is 3.15. The van der Waals surface area contributed by atoms with Gasteiger partial charge >= 0.3 is 6.61 Å². The van der Waals surface area contributed by atoms with Crippen LogP contribution in [0, 0.1) is 0 Å². The van der Waals surface area contributed by atoms with Crippen LogP contribution in [0.25, 0.3) is 0 Å². The van der Waals surface area contributed by atoms with E-state index in [1.54, 1.807) is 25.0 Å². The van der Waals surface area contributed by atoms with E-state index >= 15 is 0 Å². The fourth-order valence-corrected chi connectivity index (χ4v) is 2.11. The fourth-order valence-electron chi connectivity index (χ4n) is 2.11. The number of ether oxygens (including phenoxy) is 2. The van der Waals surface area contributed by atoms with E-state index in [0.717, 1.165) is 5.56 Å². The molecule has 0 aliphatic heterocycles. The zero-order chi connectivity index (χ0) is 17.0. The lowest BCUT2D eigenvalue weighted by Crippen LogP contribution is -2.26. The van der Waals surface area contributed by atoms with Gasteiger partial charge in [0.15, 0.2) is 11.5 Å². The van der Waals surface area contributed by atoms with Crippen LogP contribution in [0.2, 0.25) is 0 Å². The van der Waals surface area contributed by atoms with Gasteiger partial charge in [0.2, 0.25) is 0 Å². The molecule has 1 aromatic carbocycles. The molecule has 0 unspecified atom stereocenters. The Morgan fingerprint density at radius 1 is 1.39 bits per heavy atom. The second-order valence-electron chi connectivity index (χ2n) is 4.93. The molecular weight excluding hydrogens is 308 g/mol. The minimum Gasteiger partial charge on any atom is -0.493 e. The second-order valence-corrected chi connectivity index (χ2v) is 4.93. The zero-order valence-electron chi connectivity index (χ0n) is 13.0. The third kappa shape index (κ3) is 4.18. The first-order valence-electron chi connectivity index (χ1n) is 6.76. The Morgan fingerprint density at radius 2 is 2.13 bits per heavy atom. The number of nitrogens with zero attached hydrogens (tertiary/aromatic N) is 3. The highest BCUT2D eigenvalue weighted by atomic mass is 19.3. The molecule has 124 valence electrons. The number of hydrogen-bond donors (Lipinski definition) is 0. The van der Waals surface area contributed by atoms with E-state index in [2.05, 4.69) is 9.84 Å². The smallest absolute Gasteiger partial charge is 0.387 e. The molecule has 8 heteroatoms. The van der Waals surface area contributed by atoms with Gasteiger partial charge < -0.3 is 14.4 Å². The zero-order valence-corrected chi connectivity index (χ0v) is 13.0. The highest BCUT2D eigenvalue weighted by molar-refractivity contribution is 5.94. The highest BCUT2D eigenvalue weighted by Crippen LogP contribution is 2.29. The molecule has 23 heavy (non-hydrogen) atoms. The first kappa shape index (κ1) is 16.7. The van der Waals surface area contributed by atoms with Crippen molar-refractivity contribution in [3.63, 3.8) is 0 Å². The molecule has 0 aliphatic carbocycles. The standard InChI is InChI=1S/C15H17F2N3O3/c1-19(8-10-7-18-20(2)9-10)14(21)11-4-5-12(23-15(16)17)13(6-11)22-3/h4-7,9,15H,8H2,1-3H3. The van der Waals surface area contributed by atoms with Gasteiger partial charge in [-0.15, -0.1) is 0 Å². The lowest BCUT2D eigenvalue weighted by Gasteiger charge is -2.17. The van der Waals surface area contributed by atoms with Gasteiger partial charge in [-0.1, -0.05) is 0 Å². The van der Waals surface area contributed by atoms with Gasteiger partial charge in [0.05, 0.1) is 13.3 Å². The van der Waals surface area contributed by atoms with Crippen LogP contribution in [0.3, 0.4) is 0 Å². The molecule has 2 rings (SSSR count). The number of methoxy groups -OCH3 is 1. The summed E-state index contributed by atoms with van der Waals surface area (Å²) in [4.78, 5) is 13.9. The van der Waals surface area contributed by atoms with Gasteiger partial charge in [-0.3, -0.25) is 9.48 Å². The van der Waals surface area contributed by atoms with E-state index in [1.807, 2.05) is 6.20 Å². The molecule has 0 N–H and O–H groups in total. The summed E-state index contributed by atoms with van der Waals surface area (Å²) in [5, 5.41) is 4.04. The van der Waals surface area contributed by atoms with Gasteiger partial charge in [0.25, 0.3) is 5.91 Å². The summed E-state index contributed by atoms with van der Waals surface area (Å²) >= 11 is 0. The summed E-state index contributed by atoms with van der Waals surface area (Å²) < 4.78 is 35.6. The Bertz CT molecular complexity index is 688. The first-order chi connectivity index (χ1) is 10.9. The van der Waals surface area contributed by atoms with Gasteiger partial charge in [0, 0.05) is 38.0 Å². The van der Waals surface area contributed by atoms with Gasteiger partial charge in [-0.2, -0.15) is 13.9 Å². The maximum absolute atomic E-state index is 12.4. The average molecular weight is 325 g/mol. The number of rotatable bonds is 6. The number of alkyl halides is 2. The van der Waals surface area contributed by atoms with Crippen LogP contribution in [0.4, 0.5) is 8.78 Å². The molecule has 0 fully saturated rings. The van der Waals surface area contributed by atoms with E-state index in [1.165, 1.54) is 30.2 Å². The molecule has 1 aromatic heterocycles. The van der Waals surface area contributed by atoms with Crippen molar-refractivity contribution < 1.29 is 23.0 Å². The predicted molar refractivity (Wildman–Crippen MR) is 78.6 cm³/mol. The summed E-state index contributed by atoms with van der Waals surface area (Å²) in [6, 6.07) is 4.08. The number of amides is 1. The minimum atomic E-state index is -2.96. The number of aryl methyl sites for hydroxylation is 1. The quantitative estimate of drug-likeness (QED) is 0.818. The van der Waals surface area contributed by atoms with Crippen molar-refractivity contribution >= 4 is 5.91 Å². The van der Waals surface area contributed by atoms with Crippen LogP contribution in [-0.4, -0.2) is 41.4 Å². The van der Waals surface area contributed by atoms with E-state index in [4.69, 9.17) is 4.74 Å². The first-order valence-corrected chi connectivity index (χ1v) is 6.76. The molecule has 6 nitrogen and oxygen atoms in total. The van der Waals surface area contributed by atoms with Crippen molar-refractivity contribution in [3.8, 4) is 11.5 Å². The molecular formula is C15H17F2N3O3. The monoisotopic (exact) mass is 325 g/mol. The van der Waals surface area contributed by atoms with Crippen molar-refractivity contribution in [1.82, 2.24) is 14.7 Å². The topological polar surface area (TPSA) is 56.6 Å². The molecule has 0 bridgehead atoms. The van der Waals surface area contributed by atoms with Crippen LogP contribution in [0.15, 0.2) is 30.6 Å². The van der Waals surface area contributed by atoms with Crippen molar-refractivity contribution in [2.75, 3.05) is 14.2 Å². The van der Waals surface area contributed by atoms with Crippen LogP contribution >= 0.6 is 0 Å². The van der Waals surface area contributed by atoms with Crippen molar-refractivity contribution in [2.24, 2.45) is 7.05 Å². The molecule has 0 spiro atoms. The normalized spacial score (nSPS) is 10.7. The third-order valence-electron chi connectivity index (χ3n) is 3.15. The molecule has 0 aliphatic rings. The molecule has 0 radical (unpaired) electrons. The van der Waals surface area contributed by atoms with Crippen LogP contribution < -0.4 is 9.47 Å². The largest absolute Gasteiger partial charge is 0.493 e. The Labute approximate surface area is 132 Å². The maximum Gasteiger partial charge on any atom is 0.387 e. The number of halogens is 2. The Kier molecular flexibility index (Phi) is 5.15. The Balaban J connectivity index is 2.14. The number of carbonyl (C=O) groups is 1. The lowest BCUT2D eigenvalue weighted by molar-refractivity contribution is -0.0512. The number of benzene rings is 1. The summed E-state index contributed by atoms with van der Waals surface area (Å²) in [6.45, 7) is -2.58. The van der Waals surface area contributed by atoms with Crippen molar-refractivity contribution in [2.45, 2.75) is 13.2 Å². The summed E-state index contributed by atoms with van der Waals surface area (Å²) in [5.41, 5.74) is 1.20. The number of hydrogen-bond acceptors (Lipinski definition) is 4. The van der Waals surface area contributed by atoms with Gasteiger partial charge in [-0.05, 0) is 18.2 Å². The van der Waals surface area contributed by atoms with Crippen LogP contribution in [-0.2, 0) is 13.6 Å². The van der Waals surface area contributed by atoms with E-state index < -0.39 is 6.61 Å². The van der Waals surface area contributed by atoms with Crippen molar-refractivity contribution in [1.29, 1.82) is 0 Å². The Hall–Kier alpha value is -2.64. The molecule has 0 atom stereocenters. The SMILES string of the molecule is COc1cc(C(=O)N(C)Cc2cnn(C)c2)ccc1OC(F)F. The fraction of sp³-hybridized carbons (Fsp3) is 0.333. The van der Waals surface area contributed by atoms with E-state index in [0.29, 0.717) is 12.1 Å². The van der Waals surface area contributed by atoms with Gasteiger partial charge in [0.1, 0.15) is 0 Å². The summed E-state index contributed by atoms with van der Waals surface area (Å²) in [6.07, 6.45) is 3.48. The lowest BCUT2D eigenvalue weighted by atomic mass is 10.1. The molecule has 0 saturated carbocycles. The second kappa shape index (κ2) is 7.08. The number of aromatic nitrogens is 2. The average Bonchev–Trinajstić information content (AvgIpc) is 2.91. The highest BCUT2D eigenvalue weighted by Gasteiger charge is 2.17. The molecule has 0 saturated heterocycles. The summed E-state index contributed by atoms with van der Waals surface area (Å²) in [7, 11) is 4.75. The molecule has 2 aromatic rings. The number of carbonyl (C=O) groups excluding carboxylic acids is 1. The summed E-state index contributed by atoms with van der Waals surface area (Å²) in [5.74, 6) is -0.310. The van der Waals surface area contributed by atoms with Crippen molar-refractivity contribution in [3.05, 3.63) is 41.7 Å². The Morgan fingerprint density at radius 3 is 2.70 bits per heavy atom. The maximum atomic E-state index is 12.4. The molecule has 1 amide bonds. The van der Waals surface area contributed by atoms with E-state index in [-0.39, 0.29) is 17.4 Å².